The summed E-state index contributed by atoms with van der Waals surface area (Å²) in [6.07, 6.45) is 5.45. The number of carbonyl (C=O) groups is 1. The van der Waals surface area contributed by atoms with Gasteiger partial charge in [-0.1, -0.05) is 6.07 Å². The highest BCUT2D eigenvalue weighted by Gasteiger charge is 2.30. The van der Waals surface area contributed by atoms with Crippen molar-refractivity contribution in [1.82, 2.24) is 19.0 Å². The fraction of sp³-hybridized carbons (Fsp3) is 0.556. The molecule has 0 saturated carbocycles. The number of pyridine rings is 1. The summed E-state index contributed by atoms with van der Waals surface area (Å²) >= 11 is 0. The molecular weight excluding hydrogens is 368 g/mol. The summed E-state index contributed by atoms with van der Waals surface area (Å²) in [4.78, 5) is 17.2. The smallest absolute Gasteiger partial charge is 0.272 e. The lowest BCUT2D eigenvalue weighted by Gasteiger charge is -2.30. The Morgan fingerprint density at radius 3 is 2.96 bits per heavy atom. The topological polar surface area (TPSA) is 93.0 Å². The molecule has 3 heterocycles. The van der Waals surface area contributed by atoms with Crippen molar-refractivity contribution in [3.8, 4) is 0 Å². The number of sulfonamides is 1. The van der Waals surface area contributed by atoms with Crippen molar-refractivity contribution in [2.45, 2.75) is 25.2 Å². The van der Waals surface area contributed by atoms with Crippen LogP contribution in [0, 0.1) is 0 Å². The van der Waals surface area contributed by atoms with Gasteiger partial charge in [0, 0.05) is 45.5 Å². The maximum atomic E-state index is 12.6. The van der Waals surface area contributed by atoms with E-state index in [0.717, 1.165) is 30.6 Å². The van der Waals surface area contributed by atoms with E-state index in [1.165, 1.54) is 10.6 Å². The van der Waals surface area contributed by atoms with Crippen LogP contribution in [0.5, 0.6) is 0 Å². The Balaban J connectivity index is 1.87. The summed E-state index contributed by atoms with van der Waals surface area (Å²) in [6, 6.07) is 5.61. The van der Waals surface area contributed by atoms with Crippen LogP contribution in [-0.2, 0) is 14.8 Å². The van der Waals surface area contributed by atoms with Crippen LogP contribution in [0.3, 0.4) is 0 Å². The number of methoxy groups -OCH3 is 1. The van der Waals surface area contributed by atoms with E-state index in [9.17, 15) is 13.2 Å². The number of fused-ring (bicyclic) bond motifs is 1. The van der Waals surface area contributed by atoms with Gasteiger partial charge in [0.15, 0.2) is 5.69 Å². The van der Waals surface area contributed by atoms with Crippen molar-refractivity contribution in [1.29, 1.82) is 0 Å². The number of ether oxygens (including phenoxy) is 1. The number of aromatic nitrogens is 2. The van der Waals surface area contributed by atoms with Crippen LogP contribution in [0.25, 0.3) is 5.52 Å². The number of hydrogen-bond donors (Lipinski definition) is 1. The SMILES string of the molecule is COCCCNC(=O)c1nc([C@H]2CCCN(S(C)(=O)=O)C2)n2ccccc12. The average molecular weight is 394 g/mol. The molecule has 0 aromatic carbocycles. The molecule has 1 atom stereocenters. The van der Waals surface area contributed by atoms with Crippen LogP contribution in [0.4, 0.5) is 0 Å². The third-order valence-electron chi connectivity index (χ3n) is 4.82. The molecule has 1 N–H and O–H groups in total. The van der Waals surface area contributed by atoms with Gasteiger partial charge < -0.3 is 14.5 Å². The van der Waals surface area contributed by atoms with Gasteiger partial charge in [-0.15, -0.1) is 0 Å². The molecule has 2 aromatic heterocycles. The number of hydrogen-bond acceptors (Lipinski definition) is 5. The molecule has 1 aliphatic heterocycles. The first-order valence-corrected chi connectivity index (χ1v) is 11.0. The summed E-state index contributed by atoms with van der Waals surface area (Å²) in [5.74, 6) is 0.469. The number of imidazole rings is 1. The molecule has 1 amide bonds. The second kappa shape index (κ2) is 8.37. The fourth-order valence-electron chi connectivity index (χ4n) is 3.47. The number of piperidine rings is 1. The Bertz CT molecular complexity index is 909. The molecule has 1 fully saturated rings. The number of amides is 1. The molecule has 1 saturated heterocycles. The quantitative estimate of drug-likeness (QED) is 0.713. The van der Waals surface area contributed by atoms with E-state index in [4.69, 9.17) is 4.74 Å². The van der Waals surface area contributed by atoms with E-state index < -0.39 is 10.0 Å². The summed E-state index contributed by atoms with van der Waals surface area (Å²) < 4.78 is 32.3. The molecular formula is C18H26N4O4S. The first-order valence-electron chi connectivity index (χ1n) is 9.11. The molecule has 8 nitrogen and oxygen atoms in total. The Hall–Kier alpha value is -1.97. The van der Waals surface area contributed by atoms with Gasteiger partial charge in [0.1, 0.15) is 5.82 Å². The number of rotatable bonds is 7. The average Bonchev–Trinajstić information content (AvgIpc) is 3.04. The van der Waals surface area contributed by atoms with E-state index in [-0.39, 0.29) is 11.8 Å². The molecule has 27 heavy (non-hydrogen) atoms. The molecule has 3 rings (SSSR count). The van der Waals surface area contributed by atoms with E-state index in [0.29, 0.717) is 31.9 Å². The summed E-state index contributed by atoms with van der Waals surface area (Å²) in [6.45, 7) is 2.02. The Kier molecular flexibility index (Phi) is 6.13. The molecule has 0 spiro atoms. The zero-order valence-corrected chi connectivity index (χ0v) is 16.5. The highest BCUT2D eigenvalue weighted by atomic mass is 32.2. The van der Waals surface area contributed by atoms with E-state index in [1.807, 2.05) is 28.8 Å². The first-order chi connectivity index (χ1) is 12.9. The van der Waals surface area contributed by atoms with E-state index >= 15 is 0 Å². The minimum absolute atomic E-state index is 0.0431. The number of nitrogens with zero attached hydrogens (tertiary/aromatic N) is 3. The third-order valence-corrected chi connectivity index (χ3v) is 6.09. The van der Waals surface area contributed by atoms with Gasteiger partial charge in [-0.2, -0.15) is 0 Å². The number of nitrogens with one attached hydrogen (secondary N) is 1. The lowest BCUT2D eigenvalue weighted by atomic mass is 9.99. The van der Waals surface area contributed by atoms with Crippen molar-refractivity contribution in [2.75, 3.05) is 39.6 Å². The molecule has 148 valence electrons. The lowest BCUT2D eigenvalue weighted by Crippen LogP contribution is -2.38. The van der Waals surface area contributed by atoms with Crippen molar-refractivity contribution in [3.05, 3.63) is 35.9 Å². The first kappa shape index (κ1) is 19.8. The zero-order chi connectivity index (χ0) is 19.4. The summed E-state index contributed by atoms with van der Waals surface area (Å²) in [7, 11) is -1.62. The summed E-state index contributed by atoms with van der Waals surface area (Å²) in [5, 5.41) is 2.87. The van der Waals surface area contributed by atoms with Gasteiger partial charge in [-0.25, -0.2) is 17.7 Å². The van der Waals surface area contributed by atoms with Gasteiger partial charge in [-0.05, 0) is 31.4 Å². The largest absolute Gasteiger partial charge is 0.385 e. The molecule has 0 radical (unpaired) electrons. The Labute approximate surface area is 159 Å². The molecule has 2 aromatic rings. The van der Waals surface area contributed by atoms with Crippen LogP contribution in [0.2, 0.25) is 0 Å². The van der Waals surface area contributed by atoms with Crippen molar-refractivity contribution in [3.63, 3.8) is 0 Å². The van der Waals surface area contributed by atoms with Gasteiger partial charge in [0.2, 0.25) is 10.0 Å². The normalized spacial score (nSPS) is 18.7. The van der Waals surface area contributed by atoms with Crippen molar-refractivity contribution >= 4 is 21.4 Å². The van der Waals surface area contributed by atoms with E-state index in [1.54, 1.807) is 7.11 Å². The van der Waals surface area contributed by atoms with Crippen LogP contribution in [0.15, 0.2) is 24.4 Å². The minimum Gasteiger partial charge on any atom is -0.385 e. The third kappa shape index (κ3) is 4.48. The second-order valence-corrected chi connectivity index (χ2v) is 8.82. The molecule has 9 heteroatoms. The molecule has 0 unspecified atom stereocenters. The van der Waals surface area contributed by atoms with Crippen LogP contribution < -0.4 is 5.32 Å². The van der Waals surface area contributed by atoms with Crippen LogP contribution in [-0.4, -0.2) is 67.6 Å². The van der Waals surface area contributed by atoms with Crippen molar-refractivity contribution in [2.24, 2.45) is 0 Å². The fourth-order valence-corrected chi connectivity index (χ4v) is 4.38. The lowest BCUT2D eigenvalue weighted by molar-refractivity contribution is 0.0945. The zero-order valence-electron chi connectivity index (χ0n) is 15.7. The maximum Gasteiger partial charge on any atom is 0.272 e. The standard InChI is InChI=1S/C18H26N4O4S/c1-26-12-6-9-19-18(23)16-15-8-3-4-11-22(15)17(20-16)14-7-5-10-21(13-14)27(2,24)25/h3-4,8,11,14H,5-7,9-10,12-13H2,1-2H3,(H,19,23)/t14-/m0/s1. The number of carbonyl (C=O) groups excluding carboxylic acids is 1. The van der Waals surface area contributed by atoms with Gasteiger partial charge in [0.05, 0.1) is 11.8 Å². The maximum absolute atomic E-state index is 12.6. The predicted molar refractivity (Wildman–Crippen MR) is 102 cm³/mol. The Morgan fingerprint density at radius 1 is 1.41 bits per heavy atom. The highest BCUT2D eigenvalue weighted by molar-refractivity contribution is 7.88. The summed E-state index contributed by atoms with van der Waals surface area (Å²) in [5.41, 5.74) is 1.10. The molecule has 1 aliphatic rings. The van der Waals surface area contributed by atoms with Crippen molar-refractivity contribution < 1.29 is 17.9 Å². The minimum atomic E-state index is -3.24. The second-order valence-electron chi connectivity index (χ2n) is 6.84. The van der Waals surface area contributed by atoms with Gasteiger partial charge in [-0.3, -0.25) is 4.79 Å². The highest BCUT2D eigenvalue weighted by Crippen LogP contribution is 2.29. The molecule has 0 bridgehead atoms. The predicted octanol–water partition coefficient (Wildman–Crippen LogP) is 1.24. The van der Waals surface area contributed by atoms with Crippen LogP contribution in [0.1, 0.15) is 41.5 Å². The van der Waals surface area contributed by atoms with Gasteiger partial charge in [0.25, 0.3) is 5.91 Å². The monoisotopic (exact) mass is 394 g/mol. The van der Waals surface area contributed by atoms with Crippen LogP contribution >= 0.6 is 0 Å². The Morgan fingerprint density at radius 2 is 2.22 bits per heavy atom. The van der Waals surface area contributed by atoms with Gasteiger partial charge >= 0.3 is 0 Å². The molecule has 0 aliphatic carbocycles. The van der Waals surface area contributed by atoms with E-state index in [2.05, 4.69) is 10.3 Å².